The smallest absolute Gasteiger partial charge is 0.407 e. The lowest BCUT2D eigenvalue weighted by Gasteiger charge is -2.24. The normalized spacial score (nSPS) is 15.0. The fraction of sp³-hybridized carbons (Fsp3) is 0.938. The highest BCUT2D eigenvalue weighted by atomic mass is 16.6. The standard InChI is InChI=1S/C16H34N2O2/c1-8-14(18-13(4)10-9-12(2)3)11-17-15(19)20-16(5,6)7/h12-14,18H,8-11H2,1-7H3,(H,17,19). The third-order valence-electron chi connectivity index (χ3n) is 3.08. The van der Waals surface area contributed by atoms with Crippen LogP contribution < -0.4 is 10.6 Å². The average molecular weight is 286 g/mol. The van der Waals surface area contributed by atoms with Crippen molar-refractivity contribution in [1.82, 2.24) is 10.6 Å². The highest BCUT2D eigenvalue weighted by Gasteiger charge is 2.17. The maximum Gasteiger partial charge on any atom is 0.407 e. The van der Waals surface area contributed by atoms with Crippen molar-refractivity contribution in [3.8, 4) is 0 Å². The molecule has 0 aromatic rings. The summed E-state index contributed by atoms with van der Waals surface area (Å²) in [6.45, 7) is 15.0. The molecule has 0 aliphatic carbocycles. The Hall–Kier alpha value is -0.770. The Kier molecular flexibility index (Phi) is 8.86. The zero-order valence-corrected chi connectivity index (χ0v) is 14.4. The van der Waals surface area contributed by atoms with E-state index >= 15 is 0 Å². The van der Waals surface area contributed by atoms with Crippen LogP contribution in [-0.4, -0.2) is 30.3 Å². The predicted octanol–water partition coefficient (Wildman–Crippen LogP) is 3.70. The van der Waals surface area contributed by atoms with E-state index in [0.717, 1.165) is 12.3 Å². The summed E-state index contributed by atoms with van der Waals surface area (Å²) in [5.41, 5.74) is -0.441. The Morgan fingerprint density at radius 1 is 1.15 bits per heavy atom. The summed E-state index contributed by atoms with van der Waals surface area (Å²) in [6, 6.07) is 0.771. The quantitative estimate of drug-likeness (QED) is 0.715. The van der Waals surface area contributed by atoms with Crippen LogP contribution in [0.5, 0.6) is 0 Å². The van der Waals surface area contributed by atoms with Crippen LogP contribution in [0.25, 0.3) is 0 Å². The van der Waals surface area contributed by atoms with Gasteiger partial charge in [0.2, 0.25) is 0 Å². The molecule has 4 heteroatoms. The van der Waals surface area contributed by atoms with Gasteiger partial charge >= 0.3 is 6.09 Å². The number of rotatable bonds is 8. The Morgan fingerprint density at radius 2 is 1.75 bits per heavy atom. The highest BCUT2D eigenvalue weighted by molar-refractivity contribution is 5.67. The molecule has 0 spiro atoms. The molecular weight excluding hydrogens is 252 g/mol. The van der Waals surface area contributed by atoms with Gasteiger partial charge in [-0.1, -0.05) is 20.8 Å². The summed E-state index contributed by atoms with van der Waals surface area (Å²) in [4.78, 5) is 11.6. The Labute approximate surface area is 125 Å². The number of carbonyl (C=O) groups is 1. The van der Waals surface area contributed by atoms with E-state index in [4.69, 9.17) is 4.74 Å². The molecule has 0 heterocycles. The number of ether oxygens (including phenoxy) is 1. The average Bonchev–Trinajstić information content (AvgIpc) is 2.29. The van der Waals surface area contributed by atoms with E-state index in [0.29, 0.717) is 18.6 Å². The van der Waals surface area contributed by atoms with E-state index in [1.807, 2.05) is 20.8 Å². The van der Waals surface area contributed by atoms with Gasteiger partial charge in [-0.15, -0.1) is 0 Å². The second-order valence-electron chi connectivity index (χ2n) is 7.03. The van der Waals surface area contributed by atoms with Crippen molar-refractivity contribution < 1.29 is 9.53 Å². The van der Waals surface area contributed by atoms with Crippen molar-refractivity contribution >= 4 is 6.09 Å². The van der Waals surface area contributed by atoms with Gasteiger partial charge in [0.1, 0.15) is 5.60 Å². The maximum absolute atomic E-state index is 11.6. The SMILES string of the molecule is CCC(CNC(=O)OC(C)(C)C)NC(C)CCC(C)C. The molecule has 0 saturated carbocycles. The number of amides is 1. The van der Waals surface area contributed by atoms with E-state index in [2.05, 4.69) is 38.3 Å². The van der Waals surface area contributed by atoms with E-state index in [-0.39, 0.29) is 6.09 Å². The first-order valence-electron chi connectivity index (χ1n) is 7.87. The molecule has 4 nitrogen and oxygen atoms in total. The van der Waals surface area contributed by atoms with Crippen molar-refractivity contribution in [2.24, 2.45) is 5.92 Å². The van der Waals surface area contributed by atoms with Crippen molar-refractivity contribution in [1.29, 1.82) is 0 Å². The summed E-state index contributed by atoms with van der Waals surface area (Å²) < 4.78 is 5.24. The molecule has 0 fully saturated rings. The van der Waals surface area contributed by atoms with Crippen molar-refractivity contribution in [3.63, 3.8) is 0 Å². The fourth-order valence-corrected chi connectivity index (χ4v) is 1.91. The molecule has 120 valence electrons. The van der Waals surface area contributed by atoms with Crippen LogP contribution in [0.3, 0.4) is 0 Å². The summed E-state index contributed by atoms with van der Waals surface area (Å²) in [7, 11) is 0. The summed E-state index contributed by atoms with van der Waals surface area (Å²) in [6.07, 6.45) is 3.04. The molecule has 1 amide bonds. The van der Waals surface area contributed by atoms with E-state index in [1.54, 1.807) is 0 Å². The van der Waals surface area contributed by atoms with Crippen LogP contribution in [0.1, 0.15) is 67.7 Å². The monoisotopic (exact) mass is 286 g/mol. The number of carbonyl (C=O) groups excluding carboxylic acids is 1. The van der Waals surface area contributed by atoms with Crippen LogP contribution in [0.2, 0.25) is 0 Å². The second kappa shape index (κ2) is 9.22. The van der Waals surface area contributed by atoms with Gasteiger partial charge in [0.25, 0.3) is 0 Å². The number of hydrogen-bond acceptors (Lipinski definition) is 3. The van der Waals surface area contributed by atoms with Gasteiger partial charge in [-0.2, -0.15) is 0 Å². The molecule has 0 aromatic carbocycles. The minimum atomic E-state index is -0.441. The van der Waals surface area contributed by atoms with Crippen LogP contribution in [-0.2, 0) is 4.74 Å². The van der Waals surface area contributed by atoms with Crippen LogP contribution >= 0.6 is 0 Å². The number of hydrogen-bond donors (Lipinski definition) is 2. The highest BCUT2D eigenvalue weighted by Crippen LogP contribution is 2.08. The van der Waals surface area contributed by atoms with E-state index in [9.17, 15) is 4.79 Å². The zero-order chi connectivity index (χ0) is 15.8. The number of alkyl carbamates (subject to hydrolysis) is 1. The van der Waals surface area contributed by atoms with Gasteiger partial charge in [-0.3, -0.25) is 0 Å². The van der Waals surface area contributed by atoms with E-state index < -0.39 is 5.60 Å². The van der Waals surface area contributed by atoms with Crippen LogP contribution in [0.4, 0.5) is 4.79 Å². The molecule has 2 unspecified atom stereocenters. The molecule has 0 saturated heterocycles. The first-order chi connectivity index (χ1) is 9.14. The Morgan fingerprint density at radius 3 is 2.20 bits per heavy atom. The third-order valence-corrected chi connectivity index (χ3v) is 3.08. The third kappa shape index (κ3) is 11.1. The first-order valence-corrected chi connectivity index (χ1v) is 7.87. The lowest BCUT2D eigenvalue weighted by molar-refractivity contribution is 0.0521. The van der Waals surface area contributed by atoms with Crippen molar-refractivity contribution in [2.75, 3.05) is 6.54 Å². The Balaban J connectivity index is 4.00. The lowest BCUT2D eigenvalue weighted by Crippen LogP contribution is -2.45. The van der Waals surface area contributed by atoms with E-state index in [1.165, 1.54) is 12.8 Å². The molecule has 0 rings (SSSR count). The fourth-order valence-electron chi connectivity index (χ4n) is 1.91. The summed E-state index contributed by atoms with van der Waals surface area (Å²) in [5.74, 6) is 0.735. The Bertz CT molecular complexity index is 272. The van der Waals surface area contributed by atoms with Crippen molar-refractivity contribution in [2.45, 2.75) is 85.4 Å². The van der Waals surface area contributed by atoms with Crippen LogP contribution in [0.15, 0.2) is 0 Å². The van der Waals surface area contributed by atoms with Gasteiger partial charge in [0.15, 0.2) is 0 Å². The molecule has 20 heavy (non-hydrogen) atoms. The summed E-state index contributed by atoms with van der Waals surface area (Å²) >= 11 is 0. The van der Waals surface area contributed by atoms with Gasteiger partial charge in [0, 0.05) is 18.6 Å². The molecule has 0 aliphatic rings. The molecule has 0 bridgehead atoms. The minimum Gasteiger partial charge on any atom is -0.444 e. The molecular formula is C16H34N2O2. The van der Waals surface area contributed by atoms with Gasteiger partial charge < -0.3 is 15.4 Å². The topological polar surface area (TPSA) is 50.4 Å². The van der Waals surface area contributed by atoms with Gasteiger partial charge in [-0.05, 0) is 52.9 Å². The minimum absolute atomic E-state index is 0.296. The second-order valence-corrected chi connectivity index (χ2v) is 7.03. The predicted molar refractivity (Wildman–Crippen MR) is 85.0 cm³/mol. The molecule has 2 N–H and O–H groups in total. The largest absolute Gasteiger partial charge is 0.444 e. The van der Waals surface area contributed by atoms with Crippen molar-refractivity contribution in [3.05, 3.63) is 0 Å². The molecule has 2 atom stereocenters. The molecule has 0 aromatic heterocycles. The summed E-state index contributed by atoms with van der Waals surface area (Å²) in [5, 5.41) is 6.41. The van der Waals surface area contributed by atoms with Gasteiger partial charge in [0.05, 0.1) is 0 Å². The maximum atomic E-state index is 11.6. The van der Waals surface area contributed by atoms with Crippen LogP contribution in [0, 0.1) is 5.92 Å². The lowest BCUT2D eigenvalue weighted by atomic mass is 10.0. The number of nitrogens with one attached hydrogen (secondary N) is 2. The first kappa shape index (κ1) is 19.2. The molecule has 0 aliphatic heterocycles. The van der Waals surface area contributed by atoms with Gasteiger partial charge in [-0.25, -0.2) is 4.79 Å². The zero-order valence-electron chi connectivity index (χ0n) is 14.4. The molecule has 0 radical (unpaired) electrons.